The van der Waals surface area contributed by atoms with Crippen LogP contribution in [-0.2, 0) is 0 Å². The average molecular weight is 282 g/mol. The molecule has 2 N–H and O–H groups in total. The van der Waals surface area contributed by atoms with E-state index in [0.29, 0.717) is 31.1 Å². The molecule has 0 fully saturated rings. The van der Waals surface area contributed by atoms with E-state index in [2.05, 4.69) is 10.3 Å². The van der Waals surface area contributed by atoms with E-state index in [1.165, 1.54) is 6.07 Å². The molecule has 0 aliphatic carbocycles. The molecule has 0 bridgehead atoms. The van der Waals surface area contributed by atoms with Crippen molar-refractivity contribution in [2.45, 2.75) is 26.7 Å². The van der Waals surface area contributed by atoms with E-state index < -0.39 is 4.92 Å². The maximum Gasteiger partial charge on any atom is 0.311 e. The summed E-state index contributed by atoms with van der Waals surface area (Å²) in [6.07, 6.45) is 1.51. The molecule has 0 radical (unpaired) electrons. The van der Waals surface area contributed by atoms with Crippen LogP contribution in [-0.4, -0.2) is 41.3 Å². The van der Waals surface area contributed by atoms with Crippen molar-refractivity contribution in [3.8, 4) is 0 Å². The van der Waals surface area contributed by atoms with E-state index in [-0.39, 0.29) is 12.3 Å². The van der Waals surface area contributed by atoms with Crippen LogP contribution in [0.1, 0.15) is 26.7 Å². The molecule has 0 aliphatic heterocycles. The Bertz CT molecular complexity index is 440. The number of anilines is 2. The lowest BCUT2D eigenvalue weighted by molar-refractivity contribution is -0.384. The highest BCUT2D eigenvalue weighted by molar-refractivity contribution is 5.61. The quantitative estimate of drug-likeness (QED) is 0.532. The molecule has 0 atom stereocenters. The number of aromatic nitrogens is 1. The van der Waals surface area contributed by atoms with Gasteiger partial charge in [-0.15, -0.1) is 0 Å². The van der Waals surface area contributed by atoms with E-state index >= 15 is 0 Å². The summed E-state index contributed by atoms with van der Waals surface area (Å²) < 4.78 is 0. The van der Waals surface area contributed by atoms with Gasteiger partial charge in [-0.3, -0.25) is 10.1 Å². The fourth-order valence-corrected chi connectivity index (χ4v) is 1.84. The number of aliphatic hydroxyl groups excluding tert-OH is 1. The summed E-state index contributed by atoms with van der Waals surface area (Å²) in [6, 6.07) is 3.10. The van der Waals surface area contributed by atoms with Gasteiger partial charge in [0.25, 0.3) is 0 Å². The van der Waals surface area contributed by atoms with Crippen LogP contribution in [0, 0.1) is 10.1 Å². The molecule has 7 heteroatoms. The number of nitrogens with one attached hydrogen (secondary N) is 1. The molecule has 0 aliphatic rings. The first-order valence-corrected chi connectivity index (χ1v) is 6.89. The normalized spacial score (nSPS) is 10.3. The lowest BCUT2D eigenvalue weighted by atomic mass is 10.3. The van der Waals surface area contributed by atoms with Crippen molar-refractivity contribution in [1.29, 1.82) is 0 Å². The second-order valence-corrected chi connectivity index (χ2v) is 4.38. The SMILES string of the molecule is CCCNc1ccc([N+](=O)[O-])c(N(CC)CCCO)n1. The number of rotatable bonds is 9. The Morgan fingerprint density at radius 2 is 2.20 bits per heavy atom. The van der Waals surface area contributed by atoms with Gasteiger partial charge in [-0.05, 0) is 25.8 Å². The molecule has 1 rings (SSSR count). The Hall–Kier alpha value is -1.89. The summed E-state index contributed by atoms with van der Waals surface area (Å²) >= 11 is 0. The number of pyridine rings is 1. The van der Waals surface area contributed by atoms with Crippen molar-refractivity contribution in [2.75, 3.05) is 36.5 Å². The third-order valence-corrected chi connectivity index (χ3v) is 2.87. The Kier molecular flexibility index (Phi) is 6.72. The van der Waals surface area contributed by atoms with Crippen LogP contribution in [0.3, 0.4) is 0 Å². The molecule has 1 heterocycles. The summed E-state index contributed by atoms with van der Waals surface area (Å²) in [6.45, 7) is 5.92. The summed E-state index contributed by atoms with van der Waals surface area (Å²) in [5, 5.41) is 23.2. The van der Waals surface area contributed by atoms with Crippen LogP contribution in [0.4, 0.5) is 17.3 Å². The average Bonchev–Trinajstić information content (AvgIpc) is 2.45. The molecule has 0 unspecified atom stereocenters. The van der Waals surface area contributed by atoms with Gasteiger partial charge in [0.05, 0.1) is 4.92 Å². The first-order valence-electron chi connectivity index (χ1n) is 6.89. The van der Waals surface area contributed by atoms with E-state index in [0.717, 1.165) is 13.0 Å². The van der Waals surface area contributed by atoms with Crippen LogP contribution < -0.4 is 10.2 Å². The number of aliphatic hydroxyl groups is 1. The van der Waals surface area contributed by atoms with Crippen molar-refractivity contribution in [1.82, 2.24) is 4.98 Å². The van der Waals surface area contributed by atoms with Crippen LogP contribution in [0.5, 0.6) is 0 Å². The summed E-state index contributed by atoms with van der Waals surface area (Å²) in [5.41, 5.74) is -0.00756. The predicted octanol–water partition coefficient (Wildman–Crippen LogP) is 2.02. The van der Waals surface area contributed by atoms with Crippen molar-refractivity contribution in [3.05, 3.63) is 22.2 Å². The van der Waals surface area contributed by atoms with Gasteiger partial charge < -0.3 is 15.3 Å². The van der Waals surface area contributed by atoms with Crippen LogP contribution in [0.25, 0.3) is 0 Å². The lowest BCUT2D eigenvalue weighted by Gasteiger charge is -2.21. The first-order chi connectivity index (χ1) is 9.63. The predicted molar refractivity (Wildman–Crippen MR) is 79.3 cm³/mol. The standard InChI is InChI=1S/C13H22N4O3/c1-3-8-14-12-7-6-11(17(19)20)13(15-12)16(4-2)9-5-10-18/h6-7,18H,3-5,8-10H2,1-2H3,(H,14,15). The summed E-state index contributed by atoms with van der Waals surface area (Å²) in [5.74, 6) is 0.988. The monoisotopic (exact) mass is 282 g/mol. The summed E-state index contributed by atoms with van der Waals surface area (Å²) in [4.78, 5) is 16.8. The molecule has 1 aromatic heterocycles. The first kappa shape index (κ1) is 16.2. The van der Waals surface area contributed by atoms with Gasteiger partial charge >= 0.3 is 5.69 Å². The van der Waals surface area contributed by atoms with Crippen LogP contribution in [0.15, 0.2) is 12.1 Å². The molecular formula is C13H22N4O3. The van der Waals surface area contributed by atoms with Crippen molar-refractivity contribution in [2.24, 2.45) is 0 Å². The third-order valence-electron chi connectivity index (χ3n) is 2.87. The highest BCUT2D eigenvalue weighted by Crippen LogP contribution is 2.27. The molecule has 0 saturated carbocycles. The zero-order valence-electron chi connectivity index (χ0n) is 12.0. The maximum atomic E-state index is 11.1. The zero-order valence-corrected chi connectivity index (χ0v) is 12.0. The minimum absolute atomic E-state index is 0.00756. The highest BCUT2D eigenvalue weighted by atomic mass is 16.6. The third kappa shape index (κ3) is 4.34. The molecule has 20 heavy (non-hydrogen) atoms. The van der Waals surface area contributed by atoms with Crippen molar-refractivity contribution >= 4 is 17.3 Å². The van der Waals surface area contributed by atoms with Gasteiger partial charge in [0.2, 0.25) is 5.82 Å². The number of hydrogen-bond acceptors (Lipinski definition) is 6. The molecule has 0 spiro atoms. The molecular weight excluding hydrogens is 260 g/mol. The topological polar surface area (TPSA) is 91.5 Å². The Labute approximate surface area is 118 Å². The number of nitro groups is 1. The fraction of sp³-hybridized carbons (Fsp3) is 0.615. The van der Waals surface area contributed by atoms with E-state index in [1.807, 2.05) is 18.7 Å². The summed E-state index contributed by atoms with van der Waals surface area (Å²) in [7, 11) is 0. The zero-order chi connectivity index (χ0) is 15.0. The van der Waals surface area contributed by atoms with Gasteiger partial charge in [-0.1, -0.05) is 6.92 Å². The Morgan fingerprint density at radius 3 is 2.75 bits per heavy atom. The van der Waals surface area contributed by atoms with E-state index in [9.17, 15) is 10.1 Å². The molecule has 112 valence electrons. The Balaban J connectivity index is 3.05. The van der Waals surface area contributed by atoms with E-state index in [4.69, 9.17) is 5.11 Å². The minimum atomic E-state index is -0.423. The van der Waals surface area contributed by atoms with Gasteiger partial charge in [0.15, 0.2) is 0 Å². The highest BCUT2D eigenvalue weighted by Gasteiger charge is 2.20. The van der Waals surface area contributed by atoms with Gasteiger partial charge in [0.1, 0.15) is 5.82 Å². The van der Waals surface area contributed by atoms with Gasteiger partial charge in [-0.25, -0.2) is 4.98 Å². The molecule has 0 aromatic carbocycles. The molecule has 7 nitrogen and oxygen atoms in total. The van der Waals surface area contributed by atoms with Crippen LogP contribution >= 0.6 is 0 Å². The fourth-order valence-electron chi connectivity index (χ4n) is 1.84. The maximum absolute atomic E-state index is 11.1. The van der Waals surface area contributed by atoms with Crippen LogP contribution in [0.2, 0.25) is 0 Å². The minimum Gasteiger partial charge on any atom is -0.396 e. The second kappa shape index (κ2) is 8.31. The molecule has 1 aromatic rings. The largest absolute Gasteiger partial charge is 0.396 e. The van der Waals surface area contributed by atoms with E-state index in [1.54, 1.807) is 6.07 Å². The Morgan fingerprint density at radius 1 is 1.45 bits per heavy atom. The molecule has 0 amide bonds. The van der Waals surface area contributed by atoms with Gasteiger partial charge in [-0.2, -0.15) is 0 Å². The lowest BCUT2D eigenvalue weighted by Crippen LogP contribution is -2.26. The van der Waals surface area contributed by atoms with Crippen molar-refractivity contribution < 1.29 is 10.0 Å². The van der Waals surface area contributed by atoms with Crippen molar-refractivity contribution in [3.63, 3.8) is 0 Å². The smallest absolute Gasteiger partial charge is 0.311 e. The van der Waals surface area contributed by atoms with Gasteiger partial charge in [0, 0.05) is 32.3 Å². The molecule has 0 saturated heterocycles. The number of nitrogens with zero attached hydrogens (tertiary/aromatic N) is 3. The number of hydrogen-bond donors (Lipinski definition) is 2. The second-order valence-electron chi connectivity index (χ2n) is 4.38.